The first-order valence-corrected chi connectivity index (χ1v) is 7.91. The van der Waals surface area contributed by atoms with Crippen molar-refractivity contribution in [3.63, 3.8) is 0 Å². The van der Waals surface area contributed by atoms with E-state index in [4.69, 9.17) is 15.2 Å². The standard InChI is InChI=1S/C15H17N3O3S.2ClH/c1-9(16)4-5-17-14(19)11-7-22-15(18-11)10-2-3-12-13(6-10)21-8-20-12;;/h2-3,6-7,9H,4-5,8,16H2,1H3,(H,17,19);2*1H. The molecule has 0 spiro atoms. The van der Waals surface area contributed by atoms with E-state index in [0.29, 0.717) is 18.0 Å². The van der Waals surface area contributed by atoms with Gasteiger partial charge in [-0.15, -0.1) is 36.2 Å². The number of fused-ring (bicyclic) bond motifs is 1. The molecule has 0 saturated heterocycles. The lowest BCUT2D eigenvalue weighted by Gasteiger charge is -2.05. The van der Waals surface area contributed by atoms with Crippen LogP contribution in [0.25, 0.3) is 10.6 Å². The summed E-state index contributed by atoms with van der Waals surface area (Å²) in [6.45, 7) is 2.70. The Kier molecular flexibility index (Phi) is 7.75. The number of amides is 1. The molecule has 132 valence electrons. The number of carbonyl (C=O) groups is 1. The van der Waals surface area contributed by atoms with E-state index in [1.54, 1.807) is 5.38 Å². The highest BCUT2D eigenvalue weighted by molar-refractivity contribution is 7.13. The summed E-state index contributed by atoms with van der Waals surface area (Å²) in [4.78, 5) is 16.4. The number of ether oxygens (including phenoxy) is 2. The highest BCUT2D eigenvalue weighted by Crippen LogP contribution is 2.36. The quantitative estimate of drug-likeness (QED) is 0.817. The zero-order chi connectivity index (χ0) is 15.5. The number of hydrogen-bond acceptors (Lipinski definition) is 6. The number of nitrogens with two attached hydrogens (primary N) is 1. The van der Waals surface area contributed by atoms with Crippen LogP contribution < -0.4 is 20.5 Å². The molecule has 2 heterocycles. The van der Waals surface area contributed by atoms with Gasteiger partial charge in [0, 0.05) is 23.5 Å². The van der Waals surface area contributed by atoms with Crippen LogP contribution in [0.4, 0.5) is 0 Å². The second kappa shape index (κ2) is 9.08. The Labute approximate surface area is 156 Å². The lowest BCUT2D eigenvalue weighted by molar-refractivity contribution is 0.0948. The molecule has 1 unspecified atom stereocenters. The van der Waals surface area contributed by atoms with Gasteiger partial charge in [0.1, 0.15) is 10.7 Å². The van der Waals surface area contributed by atoms with Crippen molar-refractivity contribution in [2.24, 2.45) is 5.73 Å². The Balaban J connectivity index is 0.00000144. The van der Waals surface area contributed by atoms with Crippen molar-refractivity contribution in [3.05, 3.63) is 29.3 Å². The van der Waals surface area contributed by atoms with E-state index in [-0.39, 0.29) is 43.6 Å². The van der Waals surface area contributed by atoms with E-state index in [9.17, 15) is 4.79 Å². The van der Waals surface area contributed by atoms with Crippen molar-refractivity contribution in [2.75, 3.05) is 13.3 Å². The maximum atomic E-state index is 12.0. The molecule has 2 aromatic rings. The van der Waals surface area contributed by atoms with Gasteiger partial charge in [-0.25, -0.2) is 4.98 Å². The summed E-state index contributed by atoms with van der Waals surface area (Å²) >= 11 is 1.42. The van der Waals surface area contributed by atoms with E-state index in [0.717, 1.165) is 22.7 Å². The summed E-state index contributed by atoms with van der Waals surface area (Å²) in [5.74, 6) is 1.26. The number of aromatic nitrogens is 1. The molecular formula is C15H19Cl2N3O3S. The molecule has 1 aliphatic rings. The first-order chi connectivity index (χ1) is 10.6. The normalized spacial score (nSPS) is 12.8. The van der Waals surface area contributed by atoms with Crippen molar-refractivity contribution in [2.45, 2.75) is 19.4 Å². The number of hydrogen-bond donors (Lipinski definition) is 2. The van der Waals surface area contributed by atoms with Crippen molar-refractivity contribution < 1.29 is 14.3 Å². The van der Waals surface area contributed by atoms with E-state index >= 15 is 0 Å². The fourth-order valence-corrected chi connectivity index (χ4v) is 2.84. The molecule has 6 nitrogen and oxygen atoms in total. The Morgan fingerprint density at radius 3 is 2.88 bits per heavy atom. The molecule has 1 aromatic heterocycles. The van der Waals surface area contributed by atoms with Crippen molar-refractivity contribution in [1.29, 1.82) is 0 Å². The molecule has 24 heavy (non-hydrogen) atoms. The fraction of sp³-hybridized carbons (Fsp3) is 0.333. The number of benzene rings is 1. The topological polar surface area (TPSA) is 86.5 Å². The number of thiazole rings is 1. The van der Waals surface area contributed by atoms with E-state index in [1.807, 2.05) is 25.1 Å². The molecule has 1 amide bonds. The first kappa shape index (κ1) is 20.5. The Morgan fingerprint density at radius 1 is 1.38 bits per heavy atom. The highest BCUT2D eigenvalue weighted by Gasteiger charge is 2.16. The molecule has 0 saturated carbocycles. The van der Waals surface area contributed by atoms with Crippen molar-refractivity contribution in [3.8, 4) is 22.1 Å². The second-order valence-electron chi connectivity index (χ2n) is 5.13. The number of halogens is 2. The van der Waals surface area contributed by atoms with Gasteiger partial charge in [-0.1, -0.05) is 0 Å². The van der Waals surface area contributed by atoms with Gasteiger partial charge in [-0.2, -0.15) is 0 Å². The fourth-order valence-electron chi connectivity index (χ4n) is 2.04. The van der Waals surface area contributed by atoms with E-state index in [2.05, 4.69) is 10.3 Å². The van der Waals surface area contributed by atoms with Crippen LogP contribution in [0.15, 0.2) is 23.6 Å². The highest BCUT2D eigenvalue weighted by atomic mass is 35.5. The Bertz CT molecular complexity index is 694. The van der Waals surface area contributed by atoms with E-state index in [1.165, 1.54) is 11.3 Å². The second-order valence-corrected chi connectivity index (χ2v) is 5.99. The molecule has 0 bridgehead atoms. The predicted molar refractivity (Wildman–Crippen MR) is 98.8 cm³/mol. The third-order valence-electron chi connectivity index (χ3n) is 3.24. The van der Waals surface area contributed by atoms with Crippen LogP contribution >= 0.6 is 36.2 Å². The van der Waals surface area contributed by atoms with Gasteiger partial charge < -0.3 is 20.5 Å². The van der Waals surface area contributed by atoms with Gasteiger partial charge in [0.05, 0.1) is 0 Å². The maximum Gasteiger partial charge on any atom is 0.270 e. The summed E-state index contributed by atoms with van der Waals surface area (Å²) in [6.07, 6.45) is 0.741. The van der Waals surface area contributed by atoms with Gasteiger partial charge in [-0.3, -0.25) is 4.79 Å². The lowest BCUT2D eigenvalue weighted by atomic mass is 10.2. The SMILES string of the molecule is CC(N)CCNC(=O)c1csc(-c2ccc3c(c2)OCO3)n1.Cl.Cl. The largest absolute Gasteiger partial charge is 0.454 e. The molecule has 0 aliphatic carbocycles. The van der Waals surface area contributed by atoms with Gasteiger partial charge in [0.15, 0.2) is 11.5 Å². The summed E-state index contributed by atoms with van der Waals surface area (Å²) in [6, 6.07) is 5.70. The molecule has 9 heteroatoms. The number of rotatable bonds is 5. The van der Waals surface area contributed by atoms with E-state index < -0.39 is 0 Å². The monoisotopic (exact) mass is 391 g/mol. The molecule has 1 atom stereocenters. The maximum absolute atomic E-state index is 12.0. The number of nitrogens with zero attached hydrogens (tertiary/aromatic N) is 1. The first-order valence-electron chi connectivity index (χ1n) is 7.03. The Hall–Kier alpha value is -1.54. The minimum absolute atomic E-state index is 0. The molecule has 1 aliphatic heterocycles. The van der Waals surface area contributed by atoms with Crippen LogP contribution in [0.5, 0.6) is 11.5 Å². The van der Waals surface area contributed by atoms with Crippen LogP contribution in [0.3, 0.4) is 0 Å². The number of nitrogens with one attached hydrogen (secondary N) is 1. The van der Waals surface area contributed by atoms with Gasteiger partial charge in [0.25, 0.3) is 5.91 Å². The molecule has 3 N–H and O–H groups in total. The third kappa shape index (κ3) is 4.73. The van der Waals surface area contributed by atoms with Crippen LogP contribution in [0.2, 0.25) is 0 Å². The lowest BCUT2D eigenvalue weighted by Crippen LogP contribution is -2.29. The number of carbonyl (C=O) groups excluding carboxylic acids is 1. The van der Waals surface area contributed by atoms with Crippen LogP contribution in [-0.4, -0.2) is 30.3 Å². The molecule has 0 fully saturated rings. The summed E-state index contributed by atoms with van der Waals surface area (Å²) in [5.41, 5.74) is 6.98. The van der Waals surface area contributed by atoms with Crippen molar-refractivity contribution >= 4 is 42.1 Å². The molecule has 3 rings (SSSR count). The predicted octanol–water partition coefficient (Wildman–Crippen LogP) is 2.85. The summed E-state index contributed by atoms with van der Waals surface area (Å²) in [7, 11) is 0. The molecule has 0 radical (unpaired) electrons. The van der Waals surface area contributed by atoms with Gasteiger partial charge in [0.2, 0.25) is 6.79 Å². The van der Waals surface area contributed by atoms with Crippen molar-refractivity contribution in [1.82, 2.24) is 10.3 Å². The van der Waals surface area contributed by atoms with Crippen LogP contribution in [0.1, 0.15) is 23.8 Å². The third-order valence-corrected chi connectivity index (χ3v) is 4.13. The zero-order valence-electron chi connectivity index (χ0n) is 13.0. The Morgan fingerprint density at radius 2 is 2.12 bits per heavy atom. The summed E-state index contributed by atoms with van der Waals surface area (Å²) < 4.78 is 10.6. The summed E-state index contributed by atoms with van der Waals surface area (Å²) in [5, 5.41) is 5.34. The van der Waals surface area contributed by atoms with Crippen LogP contribution in [-0.2, 0) is 0 Å². The minimum Gasteiger partial charge on any atom is -0.454 e. The zero-order valence-corrected chi connectivity index (χ0v) is 15.4. The van der Waals surface area contributed by atoms with Crippen LogP contribution in [0, 0.1) is 0 Å². The van der Waals surface area contributed by atoms with Gasteiger partial charge in [-0.05, 0) is 31.5 Å². The molecular weight excluding hydrogens is 373 g/mol. The smallest absolute Gasteiger partial charge is 0.270 e. The average Bonchev–Trinajstić information content (AvgIpc) is 3.15. The molecule has 1 aromatic carbocycles. The average molecular weight is 392 g/mol. The van der Waals surface area contributed by atoms with Gasteiger partial charge >= 0.3 is 0 Å². The minimum atomic E-state index is -0.177.